The maximum absolute atomic E-state index is 12.2. The number of aromatic nitrogens is 1. The van der Waals surface area contributed by atoms with Crippen molar-refractivity contribution in [2.24, 2.45) is 12.8 Å². The molecule has 0 aliphatic heterocycles. The Hall–Kier alpha value is -1.61. The number of carbonyl (C=O) groups is 1. The van der Waals surface area contributed by atoms with Gasteiger partial charge >= 0.3 is 0 Å². The predicted octanol–water partition coefficient (Wildman–Crippen LogP) is 2.88. The molecule has 0 bridgehead atoms. The summed E-state index contributed by atoms with van der Waals surface area (Å²) in [7, 11) is 1.96. The Morgan fingerprint density at radius 2 is 2.00 bits per heavy atom. The highest BCUT2D eigenvalue weighted by Gasteiger charge is 2.17. The van der Waals surface area contributed by atoms with Crippen molar-refractivity contribution in [2.45, 2.75) is 32.2 Å². The van der Waals surface area contributed by atoms with Gasteiger partial charge < -0.3 is 10.3 Å². The summed E-state index contributed by atoms with van der Waals surface area (Å²) in [5.41, 5.74) is 7.52. The van der Waals surface area contributed by atoms with Gasteiger partial charge in [0.2, 0.25) is 0 Å². The Kier molecular flexibility index (Phi) is 3.26. The summed E-state index contributed by atoms with van der Waals surface area (Å²) >= 11 is 0. The minimum Gasteiger partial charge on any atom is -0.350 e. The molecule has 0 fully saturated rings. The topological polar surface area (TPSA) is 48.0 Å². The molecule has 1 heterocycles. The standard InChI is InChI=1S/C15H20N2O/c1-15(2,16)9-8-14(18)12-10-17(3)13-7-5-4-6-11(12)13/h4-7,10H,8-9,16H2,1-3H3. The Morgan fingerprint density at radius 3 is 2.67 bits per heavy atom. The smallest absolute Gasteiger partial charge is 0.165 e. The number of aryl methyl sites for hydroxylation is 1. The average molecular weight is 244 g/mol. The molecule has 0 spiro atoms. The highest BCUT2D eigenvalue weighted by molar-refractivity contribution is 6.08. The molecule has 0 unspecified atom stereocenters. The van der Waals surface area contributed by atoms with Crippen LogP contribution in [0.3, 0.4) is 0 Å². The largest absolute Gasteiger partial charge is 0.350 e. The van der Waals surface area contributed by atoms with Crippen LogP contribution in [0.15, 0.2) is 30.5 Å². The molecule has 3 nitrogen and oxygen atoms in total. The van der Waals surface area contributed by atoms with Gasteiger partial charge in [-0.15, -0.1) is 0 Å². The van der Waals surface area contributed by atoms with Crippen molar-refractivity contribution in [2.75, 3.05) is 0 Å². The second-order valence-corrected chi connectivity index (χ2v) is 5.58. The molecule has 0 aliphatic carbocycles. The second kappa shape index (κ2) is 4.58. The van der Waals surface area contributed by atoms with Gasteiger partial charge in [-0.05, 0) is 26.3 Å². The Labute approximate surface area is 108 Å². The minimum atomic E-state index is -0.291. The van der Waals surface area contributed by atoms with E-state index in [2.05, 4.69) is 0 Å². The van der Waals surface area contributed by atoms with Gasteiger partial charge in [-0.2, -0.15) is 0 Å². The molecule has 2 aromatic rings. The number of benzene rings is 1. The van der Waals surface area contributed by atoms with E-state index in [1.807, 2.05) is 55.9 Å². The van der Waals surface area contributed by atoms with E-state index < -0.39 is 0 Å². The van der Waals surface area contributed by atoms with Crippen LogP contribution >= 0.6 is 0 Å². The van der Waals surface area contributed by atoms with Crippen LogP contribution < -0.4 is 5.73 Å². The lowest BCUT2D eigenvalue weighted by Gasteiger charge is -2.17. The number of rotatable bonds is 4. The fourth-order valence-electron chi connectivity index (χ4n) is 2.13. The van der Waals surface area contributed by atoms with E-state index in [9.17, 15) is 4.79 Å². The third-order valence-corrected chi connectivity index (χ3v) is 3.19. The molecule has 18 heavy (non-hydrogen) atoms. The summed E-state index contributed by atoms with van der Waals surface area (Å²) < 4.78 is 2.00. The zero-order valence-corrected chi connectivity index (χ0v) is 11.2. The first-order chi connectivity index (χ1) is 8.38. The number of hydrogen-bond donors (Lipinski definition) is 1. The van der Waals surface area contributed by atoms with Crippen LogP contribution in [-0.2, 0) is 7.05 Å². The molecule has 0 radical (unpaired) electrons. The fourth-order valence-corrected chi connectivity index (χ4v) is 2.13. The van der Waals surface area contributed by atoms with Crippen molar-refractivity contribution in [3.8, 4) is 0 Å². The molecular formula is C15H20N2O. The van der Waals surface area contributed by atoms with Crippen LogP contribution in [0.4, 0.5) is 0 Å². The molecule has 2 N–H and O–H groups in total. The highest BCUT2D eigenvalue weighted by Crippen LogP contribution is 2.22. The van der Waals surface area contributed by atoms with Gasteiger partial charge in [0.15, 0.2) is 5.78 Å². The summed E-state index contributed by atoms with van der Waals surface area (Å²) in [4.78, 5) is 12.2. The maximum atomic E-state index is 12.2. The quantitative estimate of drug-likeness (QED) is 0.841. The molecule has 1 aromatic carbocycles. The van der Waals surface area contributed by atoms with E-state index in [1.54, 1.807) is 0 Å². The number of hydrogen-bond acceptors (Lipinski definition) is 2. The SMILES string of the molecule is Cn1cc(C(=O)CCC(C)(C)N)c2ccccc21. The van der Waals surface area contributed by atoms with Gasteiger partial charge in [0, 0.05) is 41.7 Å². The number of ketones is 1. The lowest BCUT2D eigenvalue weighted by atomic mass is 9.96. The lowest BCUT2D eigenvalue weighted by molar-refractivity contribution is 0.0974. The molecule has 1 aromatic heterocycles. The first-order valence-corrected chi connectivity index (χ1v) is 6.24. The zero-order valence-electron chi connectivity index (χ0n) is 11.2. The first-order valence-electron chi connectivity index (χ1n) is 6.24. The van der Waals surface area contributed by atoms with E-state index in [4.69, 9.17) is 5.73 Å². The molecule has 0 aliphatic rings. The van der Waals surface area contributed by atoms with Crippen molar-refractivity contribution < 1.29 is 4.79 Å². The number of fused-ring (bicyclic) bond motifs is 1. The third kappa shape index (κ3) is 2.62. The number of Topliss-reactive ketones (excluding diaryl/α,β-unsaturated/α-hetero) is 1. The summed E-state index contributed by atoms with van der Waals surface area (Å²) in [6, 6.07) is 7.97. The van der Waals surface area contributed by atoms with Crippen LogP contribution in [0.25, 0.3) is 10.9 Å². The number of para-hydroxylation sites is 1. The summed E-state index contributed by atoms with van der Waals surface area (Å²) in [5, 5.41) is 1.03. The second-order valence-electron chi connectivity index (χ2n) is 5.58. The molecule has 0 atom stereocenters. The van der Waals surface area contributed by atoms with Gasteiger partial charge in [0.25, 0.3) is 0 Å². The summed E-state index contributed by atoms with van der Waals surface area (Å²) in [5.74, 6) is 0.172. The van der Waals surface area contributed by atoms with E-state index in [1.165, 1.54) is 0 Å². The van der Waals surface area contributed by atoms with E-state index >= 15 is 0 Å². The maximum Gasteiger partial charge on any atom is 0.165 e. The molecule has 0 saturated heterocycles. The van der Waals surface area contributed by atoms with E-state index in [0.29, 0.717) is 12.8 Å². The van der Waals surface area contributed by atoms with Gasteiger partial charge in [-0.1, -0.05) is 18.2 Å². The normalized spacial score (nSPS) is 12.0. The predicted molar refractivity (Wildman–Crippen MR) is 74.7 cm³/mol. The molecule has 2 rings (SSSR count). The zero-order chi connectivity index (χ0) is 13.3. The van der Waals surface area contributed by atoms with Crippen LogP contribution in [0.1, 0.15) is 37.0 Å². The Morgan fingerprint density at radius 1 is 1.33 bits per heavy atom. The van der Waals surface area contributed by atoms with E-state index in [0.717, 1.165) is 16.5 Å². The number of nitrogens with zero attached hydrogens (tertiary/aromatic N) is 1. The summed E-state index contributed by atoms with van der Waals surface area (Å²) in [6.07, 6.45) is 3.11. The number of nitrogens with two attached hydrogens (primary N) is 1. The average Bonchev–Trinajstić information content (AvgIpc) is 2.64. The molecular weight excluding hydrogens is 224 g/mol. The summed E-state index contributed by atoms with van der Waals surface area (Å²) in [6.45, 7) is 3.90. The van der Waals surface area contributed by atoms with Gasteiger partial charge in [-0.3, -0.25) is 4.79 Å². The molecule has 3 heteroatoms. The van der Waals surface area contributed by atoms with Crippen LogP contribution in [0.2, 0.25) is 0 Å². The Balaban J connectivity index is 2.28. The monoisotopic (exact) mass is 244 g/mol. The van der Waals surface area contributed by atoms with Crippen LogP contribution in [-0.4, -0.2) is 15.9 Å². The van der Waals surface area contributed by atoms with Crippen molar-refractivity contribution >= 4 is 16.7 Å². The van der Waals surface area contributed by atoms with Crippen molar-refractivity contribution in [3.63, 3.8) is 0 Å². The van der Waals surface area contributed by atoms with Crippen molar-refractivity contribution in [1.29, 1.82) is 0 Å². The first kappa shape index (κ1) is 12.8. The van der Waals surface area contributed by atoms with Crippen LogP contribution in [0.5, 0.6) is 0 Å². The molecule has 0 saturated carbocycles. The lowest BCUT2D eigenvalue weighted by Crippen LogP contribution is -2.32. The van der Waals surface area contributed by atoms with Crippen molar-refractivity contribution in [3.05, 3.63) is 36.0 Å². The van der Waals surface area contributed by atoms with Gasteiger partial charge in [0.05, 0.1) is 0 Å². The fraction of sp³-hybridized carbons (Fsp3) is 0.400. The van der Waals surface area contributed by atoms with Crippen LogP contribution in [0, 0.1) is 0 Å². The Bertz CT molecular complexity index is 576. The van der Waals surface area contributed by atoms with Crippen molar-refractivity contribution in [1.82, 2.24) is 4.57 Å². The molecule has 96 valence electrons. The van der Waals surface area contributed by atoms with E-state index in [-0.39, 0.29) is 11.3 Å². The molecule has 0 amide bonds. The number of carbonyl (C=O) groups excluding carboxylic acids is 1. The third-order valence-electron chi connectivity index (χ3n) is 3.19. The highest BCUT2D eigenvalue weighted by atomic mass is 16.1. The van der Waals surface area contributed by atoms with Gasteiger partial charge in [0.1, 0.15) is 0 Å². The van der Waals surface area contributed by atoms with Gasteiger partial charge in [-0.25, -0.2) is 0 Å². The minimum absolute atomic E-state index is 0.172.